The van der Waals surface area contributed by atoms with E-state index in [4.69, 9.17) is 14.2 Å². The predicted molar refractivity (Wildman–Crippen MR) is 112 cm³/mol. The summed E-state index contributed by atoms with van der Waals surface area (Å²) in [5.74, 6) is 1.30. The number of β-lactam (4-membered cyclic amide) rings is 1. The quantitative estimate of drug-likeness (QED) is 0.579. The van der Waals surface area contributed by atoms with Crippen LogP contribution in [0.4, 0.5) is 5.69 Å². The Morgan fingerprint density at radius 1 is 0.724 bits per heavy atom. The summed E-state index contributed by atoms with van der Waals surface area (Å²) < 4.78 is 16.4. The number of nitrogens with zero attached hydrogens (tertiary/aromatic N) is 1. The zero-order valence-corrected chi connectivity index (χ0v) is 16.7. The van der Waals surface area contributed by atoms with Gasteiger partial charge in [0.05, 0.1) is 33.3 Å². The Kier molecular flexibility index (Phi) is 5.12. The molecule has 0 N–H and O–H groups in total. The Labute approximate surface area is 170 Å². The predicted octanol–water partition coefficient (Wildman–Crippen LogP) is 4.58. The number of carbonyl (C=O) groups excluding carboxylic acids is 1. The van der Waals surface area contributed by atoms with Crippen molar-refractivity contribution in [1.82, 2.24) is 0 Å². The first kappa shape index (κ1) is 18.9. The van der Waals surface area contributed by atoms with Crippen LogP contribution in [0, 0.1) is 0 Å². The van der Waals surface area contributed by atoms with Gasteiger partial charge < -0.3 is 19.1 Å². The first-order valence-electron chi connectivity index (χ1n) is 9.42. The lowest BCUT2D eigenvalue weighted by Gasteiger charge is -2.48. The molecule has 29 heavy (non-hydrogen) atoms. The fourth-order valence-electron chi connectivity index (χ4n) is 3.96. The number of anilines is 1. The van der Waals surface area contributed by atoms with Crippen molar-refractivity contribution in [3.05, 3.63) is 83.9 Å². The molecule has 0 saturated carbocycles. The summed E-state index contributed by atoms with van der Waals surface area (Å²) in [6.07, 6.45) is 0. The molecule has 1 aliphatic rings. The van der Waals surface area contributed by atoms with Crippen molar-refractivity contribution in [2.45, 2.75) is 12.0 Å². The Morgan fingerprint density at radius 3 is 1.79 bits per heavy atom. The van der Waals surface area contributed by atoms with Gasteiger partial charge in [-0.3, -0.25) is 4.79 Å². The van der Waals surface area contributed by atoms with Crippen LogP contribution in [0.25, 0.3) is 0 Å². The lowest BCUT2D eigenvalue weighted by atomic mass is 9.77. The van der Waals surface area contributed by atoms with Gasteiger partial charge in [-0.1, -0.05) is 48.5 Å². The SMILES string of the molecule is COc1cc(C2C(=O)N(c3ccccc3)C2c2ccccc2)cc(OC)c1OC. The summed E-state index contributed by atoms with van der Waals surface area (Å²) in [5, 5.41) is 0. The fraction of sp³-hybridized carbons (Fsp3) is 0.208. The molecular formula is C24H23NO4. The Bertz CT molecular complexity index is 979. The standard InChI is InChI=1S/C24H23NO4/c1-27-19-14-17(15-20(28-2)23(19)29-3)21-22(16-10-6-4-7-11-16)25(24(21)26)18-12-8-5-9-13-18/h4-15,21-22H,1-3H3. The molecule has 0 aliphatic carbocycles. The highest BCUT2D eigenvalue weighted by molar-refractivity contribution is 6.06. The van der Waals surface area contributed by atoms with Crippen LogP contribution in [0.5, 0.6) is 17.2 Å². The van der Waals surface area contributed by atoms with E-state index in [1.54, 1.807) is 21.3 Å². The summed E-state index contributed by atoms with van der Waals surface area (Å²) in [5.41, 5.74) is 2.80. The minimum Gasteiger partial charge on any atom is -0.493 e. The van der Waals surface area contributed by atoms with Crippen molar-refractivity contribution >= 4 is 11.6 Å². The molecule has 0 bridgehead atoms. The monoisotopic (exact) mass is 389 g/mol. The van der Waals surface area contributed by atoms with Gasteiger partial charge in [-0.05, 0) is 35.4 Å². The second-order valence-electron chi connectivity index (χ2n) is 6.84. The fourth-order valence-corrected chi connectivity index (χ4v) is 3.96. The van der Waals surface area contributed by atoms with E-state index < -0.39 is 0 Å². The van der Waals surface area contributed by atoms with Gasteiger partial charge in [0.25, 0.3) is 0 Å². The number of carbonyl (C=O) groups is 1. The van der Waals surface area contributed by atoms with Gasteiger partial charge in [0.15, 0.2) is 11.5 Å². The third-order valence-corrected chi connectivity index (χ3v) is 5.32. The van der Waals surface area contributed by atoms with E-state index in [2.05, 4.69) is 12.1 Å². The van der Waals surface area contributed by atoms with Crippen LogP contribution in [0.2, 0.25) is 0 Å². The topological polar surface area (TPSA) is 48.0 Å². The second kappa shape index (κ2) is 7.87. The molecule has 0 aromatic heterocycles. The van der Waals surface area contributed by atoms with Gasteiger partial charge in [0.1, 0.15) is 0 Å². The molecule has 1 aliphatic heterocycles. The average molecular weight is 389 g/mol. The summed E-state index contributed by atoms with van der Waals surface area (Å²) in [6.45, 7) is 0. The minimum absolute atomic E-state index is 0.0410. The van der Waals surface area contributed by atoms with Crippen molar-refractivity contribution < 1.29 is 19.0 Å². The van der Waals surface area contributed by atoms with E-state index in [1.165, 1.54) is 0 Å². The maximum Gasteiger partial charge on any atom is 0.237 e. The number of hydrogen-bond acceptors (Lipinski definition) is 4. The van der Waals surface area contributed by atoms with Gasteiger partial charge in [-0.15, -0.1) is 0 Å². The molecule has 1 amide bonds. The van der Waals surface area contributed by atoms with E-state index >= 15 is 0 Å². The maximum absolute atomic E-state index is 13.3. The van der Waals surface area contributed by atoms with Crippen LogP contribution in [0.1, 0.15) is 23.1 Å². The maximum atomic E-state index is 13.3. The Morgan fingerprint density at radius 2 is 1.28 bits per heavy atom. The molecule has 0 spiro atoms. The van der Waals surface area contributed by atoms with Crippen molar-refractivity contribution in [3.8, 4) is 17.2 Å². The molecule has 3 aromatic carbocycles. The molecule has 2 atom stereocenters. The molecule has 3 aromatic rings. The highest BCUT2D eigenvalue weighted by atomic mass is 16.5. The molecule has 5 heteroatoms. The van der Waals surface area contributed by atoms with Crippen molar-refractivity contribution in [3.63, 3.8) is 0 Å². The molecular weight excluding hydrogens is 366 g/mol. The summed E-state index contributed by atoms with van der Waals surface area (Å²) >= 11 is 0. The normalized spacial score (nSPS) is 18.2. The number of hydrogen-bond donors (Lipinski definition) is 0. The van der Waals surface area contributed by atoms with Crippen LogP contribution in [0.3, 0.4) is 0 Å². The van der Waals surface area contributed by atoms with Gasteiger partial charge in [0, 0.05) is 5.69 Å². The van der Waals surface area contributed by atoms with Gasteiger partial charge in [-0.25, -0.2) is 0 Å². The zero-order chi connectivity index (χ0) is 20.4. The number of amides is 1. The van der Waals surface area contributed by atoms with Gasteiger partial charge >= 0.3 is 0 Å². The molecule has 0 radical (unpaired) electrons. The first-order chi connectivity index (χ1) is 14.2. The number of benzene rings is 3. The number of ether oxygens (including phenoxy) is 3. The van der Waals surface area contributed by atoms with E-state index in [9.17, 15) is 4.79 Å². The van der Waals surface area contributed by atoms with Crippen molar-refractivity contribution in [2.24, 2.45) is 0 Å². The van der Waals surface area contributed by atoms with Crippen LogP contribution < -0.4 is 19.1 Å². The van der Waals surface area contributed by atoms with Crippen molar-refractivity contribution in [1.29, 1.82) is 0 Å². The van der Waals surface area contributed by atoms with Gasteiger partial charge in [0.2, 0.25) is 11.7 Å². The van der Waals surface area contributed by atoms with Crippen LogP contribution in [-0.4, -0.2) is 27.2 Å². The third kappa shape index (κ3) is 3.18. The largest absolute Gasteiger partial charge is 0.493 e. The molecule has 1 heterocycles. The van der Waals surface area contributed by atoms with Crippen LogP contribution in [0.15, 0.2) is 72.8 Å². The lowest BCUT2D eigenvalue weighted by Crippen LogP contribution is -2.53. The zero-order valence-electron chi connectivity index (χ0n) is 16.7. The smallest absolute Gasteiger partial charge is 0.237 e. The molecule has 2 unspecified atom stereocenters. The van der Waals surface area contributed by atoms with Gasteiger partial charge in [-0.2, -0.15) is 0 Å². The van der Waals surface area contributed by atoms with E-state index in [0.29, 0.717) is 17.2 Å². The molecule has 5 nitrogen and oxygen atoms in total. The molecule has 4 rings (SSSR count). The van der Waals surface area contributed by atoms with E-state index in [-0.39, 0.29) is 17.9 Å². The van der Waals surface area contributed by atoms with Crippen LogP contribution >= 0.6 is 0 Å². The number of methoxy groups -OCH3 is 3. The van der Waals surface area contributed by atoms with Crippen molar-refractivity contribution in [2.75, 3.05) is 26.2 Å². The highest BCUT2D eigenvalue weighted by Crippen LogP contribution is 2.51. The first-order valence-corrected chi connectivity index (χ1v) is 9.42. The second-order valence-corrected chi connectivity index (χ2v) is 6.84. The summed E-state index contributed by atoms with van der Waals surface area (Å²) in [7, 11) is 4.72. The number of para-hydroxylation sites is 1. The molecule has 1 fully saturated rings. The minimum atomic E-state index is -0.341. The number of rotatable bonds is 6. The van der Waals surface area contributed by atoms with E-state index in [1.807, 2.05) is 65.6 Å². The molecule has 148 valence electrons. The summed E-state index contributed by atoms with van der Waals surface area (Å²) in [4.78, 5) is 15.2. The molecule has 1 saturated heterocycles. The van der Waals surface area contributed by atoms with Crippen LogP contribution in [-0.2, 0) is 4.79 Å². The Balaban J connectivity index is 1.82. The lowest BCUT2D eigenvalue weighted by molar-refractivity contribution is -0.126. The average Bonchev–Trinajstić information content (AvgIpc) is 2.77. The highest BCUT2D eigenvalue weighted by Gasteiger charge is 2.50. The summed E-state index contributed by atoms with van der Waals surface area (Å²) in [6, 6.07) is 23.4. The third-order valence-electron chi connectivity index (χ3n) is 5.32. The van der Waals surface area contributed by atoms with E-state index in [0.717, 1.165) is 16.8 Å². The Hall–Kier alpha value is -3.47.